The zero-order chi connectivity index (χ0) is 23.6. The van der Waals surface area contributed by atoms with Gasteiger partial charge in [0.15, 0.2) is 5.69 Å². The van der Waals surface area contributed by atoms with Crippen molar-refractivity contribution in [1.29, 1.82) is 0 Å². The molecule has 8 nitrogen and oxygen atoms in total. The highest BCUT2D eigenvalue weighted by Crippen LogP contribution is 2.31. The second-order valence-electron chi connectivity index (χ2n) is 8.02. The van der Waals surface area contributed by atoms with Crippen molar-refractivity contribution in [3.8, 4) is 0 Å². The maximum absolute atomic E-state index is 13.6. The second-order valence-corrected chi connectivity index (χ2v) is 8.02. The number of imidazole rings is 1. The number of carbonyl (C=O) groups is 3. The van der Waals surface area contributed by atoms with Gasteiger partial charge < -0.3 is 19.5 Å². The van der Waals surface area contributed by atoms with Gasteiger partial charge in [0.25, 0.3) is 5.91 Å². The molecule has 0 unspecified atom stereocenters. The Hall–Kier alpha value is -4.01. The fraction of sp³-hybridized carbons (Fsp3) is 0.250. The van der Waals surface area contributed by atoms with Crippen LogP contribution in [0.25, 0.3) is 0 Å². The summed E-state index contributed by atoms with van der Waals surface area (Å²) in [6.07, 6.45) is 1.36. The number of carbonyl (C=O) groups excluding carboxylic acids is 3. The van der Waals surface area contributed by atoms with Gasteiger partial charge in [-0.25, -0.2) is 14.2 Å². The van der Waals surface area contributed by atoms with E-state index in [0.717, 1.165) is 5.56 Å². The third-order valence-electron chi connectivity index (χ3n) is 5.78. The summed E-state index contributed by atoms with van der Waals surface area (Å²) in [5.74, 6) is -2.05. The number of fused-ring (bicyclic) bond motifs is 1. The van der Waals surface area contributed by atoms with Crippen LogP contribution in [0, 0.1) is 5.82 Å². The van der Waals surface area contributed by atoms with Crippen molar-refractivity contribution < 1.29 is 23.5 Å². The first kappa shape index (κ1) is 22.2. The number of hydrogen-bond acceptors (Lipinski definition) is 5. The summed E-state index contributed by atoms with van der Waals surface area (Å²) < 4.78 is 19.7. The number of aromatic nitrogens is 2. The minimum absolute atomic E-state index is 0.0418. The number of methoxy groups -OCH3 is 1. The average molecular weight is 450 g/mol. The number of ether oxygens (including phenoxy) is 1. The van der Waals surface area contributed by atoms with Crippen molar-refractivity contribution in [1.82, 2.24) is 19.8 Å². The molecule has 0 aliphatic carbocycles. The maximum atomic E-state index is 13.6. The number of hydrogen-bond donors (Lipinski definition) is 1. The van der Waals surface area contributed by atoms with Crippen LogP contribution in [-0.2, 0) is 29.2 Å². The summed E-state index contributed by atoms with van der Waals surface area (Å²) in [7, 11) is 1.21. The number of rotatable bonds is 6. The van der Waals surface area contributed by atoms with E-state index in [4.69, 9.17) is 4.74 Å². The minimum atomic E-state index is -1.29. The molecule has 1 aromatic heterocycles. The Bertz CT molecular complexity index is 1190. The molecule has 1 N–H and O–H groups in total. The quantitative estimate of drug-likeness (QED) is 0.583. The molecule has 1 atom stereocenters. The lowest BCUT2D eigenvalue weighted by Gasteiger charge is -2.43. The van der Waals surface area contributed by atoms with Crippen LogP contribution in [0.5, 0.6) is 0 Å². The lowest BCUT2D eigenvalue weighted by Crippen LogP contribution is -2.63. The van der Waals surface area contributed by atoms with Crippen molar-refractivity contribution in [3.63, 3.8) is 0 Å². The largest absolute Gasteiger partial charge is 0.464 e. The van der Waals surface area contributed by atoms with E-state index in [9.17, 15) is 18.8 Å². The van der Waals surface area contributed by atoms with Crippen LogP contribution in [0.2, 0.25) is 0 Å². The van der Waals surface area contributed by atoms with E-state index in [-0.39, 0.29) is 36.9 Å². The van der Waals surface area contributed by atoms with Crippen molar-refractivity contribution in [2.75, 3.05) is 7.11 Å². The smallest absolute Gasteiger partial charge is 0.359 e. The monoisotopic (exact) mass is 450 g/mol. The third-order valence-corrected chi connectivity index (χ3v) is 5.78. The van der Waals surface area contributed by atoms with Gasteiger partial charge in [-0.2, -0.15) is 0 Å². The first-order valence-corrected chi connectivity index (χ1v) is 10.4. The molecular formula is C24H23FN4O4. The fourth-order valence-electron chi connectivity index (χ4n) is 3.92. The van der Waals surface area contributed by atoms with Crippen LogP contribution >= 0.6 is 0 Å². The number of nitrogens with zero attached hydrogens (tertiary/aromatic N) is 3. The summed E-state index contributed by atoms with van der Waals surface area (Å²) in [5, 5.41) is 2.91. The molecule has 9 heteroatoms. The zero-order valence-electron chi connectivity index (χ0n) is 18.2. The van der Waals surface area contributed by atoms with Gasteiger partial charge in [0, 0.05) is 13.1 Å². The van der Waals surface area contributed by atoms with Crippen LogP contribution in [0.3, 0.4) is 0 Å². The van der Waals surface area contributed by atoms with Gasteiger partial charge in [-0.1, -0.05) is 42.5 Å². The van der Waals surface area contributed by atoms with Gasteiger partial charge >= 0.3 is 5.97 Å². The number of nitrogens with one attached hydrogen (secondary N) is 1. The van der Waals surface area contributed by atoms with Crippen LogP contribution in [-0.4, -0.2) is 44.9 Å². The molecule has 0 radical (unpaired) electrons. The highest BCUT2D eigenvalue weighted by molar-refractivity contribution is 6.06. The van der Waals surface area contributed by atoms with E-state index in [1.807, 2.05) is 30.3 Å². The number of halogens is 1. The van der Waals surface area contributed by atoms with Crippen molar-refractivity contribution >= 4 is 17.8 Å². The molecule has 2 amide bonds. The van der Waals surface area contributed by atoms with Gasteiger partial charge in [0.1, 0.15) is 17.1 Å². The zero-order valence-corrected chi connectivity index (χ0v) is 18.2. The Morgan fingerprint density at radius 2 is 1.82 bits per heavy atom. The van der Waals surface area contributed by atoms with Gasteiger partial charge in [0.05, 0.1) is 20.0 Å². The van der Waals surface area contributed by atoms with Gasteiger partial charge in [0.2, 0.25) is 5.91 Å². The summed E-state index contributed by atoms with van der Waals surface area (Å²) in [4.78, 5) is 44.6. The van der Waals surface area contributed by atoms with E-state index >= 15 is 0 Å². The lowest BCUT2D eigenvalue weighted by atomic mass is 9.93. The molecule has 1 aliphatic rings. The van der Waals surface area contributed by atoms with E-state index < -0.39 is 23.2 Å². The SMILES string of the molecule is COC(=O)c1ncn2c1C(=O)N(Cc1ccc(F)cc1)[C@](C)(C(=O)NCc1ccccc1)C2. The number of amides is 2. The summed E-state index contributed by atoms with van der Waals surface area (Å²) in [6, 6.07) is 15.1. The molecule has 1 aliphatic heterocycles. The fourth-order valence-corrected chi connectivity index (χ4v) is 3.92. The highest BCUT2D eigenvalue weighted by atomic mass is 19.1. The van der Waals surface area contributed by atoms with Crippen LogP contribution in [0.1, 0.15) is 39.0 Å². The van der Waals surface area contributed by atoms with E-state index in [1.54, 1.807) is 19.1 Å². The first-order chi connectivity index (χ1) is 15.8. The standard InChI is InChI=1S/C24H23FN4O4/c1-24(23(32)26-12-16-6-4-3-5-7-16)14-28-15-27-19(22(31)33-2)20(28)21(30)29(24)13-17-8-10-18(25)11-9-17/h3-11,15H,12-14H2,1-2H3,(H,26,32)/t24-/m0/s1. The van der Waals surface area contributed by atoms with E-state index in [2.05, 4.69) is 10.3 Å². The minimum Gasteiger partial charge on any atom is -0.464 e. The molecule has 170 valence electrons. The molecule has 33 heavy (non-hydrogen) atoms. The van der Waals surface area contributed by atoms with Gasteiger partial charge in [-0.3, -0.25) is 9.59 Å². The second kappa shape index (κ2) is 8.85. The molecule has 2 aromatic carbocycles. The Balaban J connectivity index is 1.69. The van der Waals surface area contributed by atoms with Crippen molar-refractivity contribution in [2.24, 2.45) is 0 Å². The van der Waals surface area contributed by atoms with Gasteiger partial charge in [-0.15, -0.1) is 0 Å². The number of benzene rings is 2. The first-order valence-electron chi connectivity index (χ1n) is 10.4. The van der Waals surface area contributed by atoms with Crippen LogP contribution < -0.4 is 5.32 Å². The Morgan fingerprint density at radius 3 is 2.48 bits per heavy atom. The number of esters is 1. The molecule has 3 aromatic rings. The van der Waals surface area contributed by atoms with E-state index in [0.29, 0.717) is 5.56 Å². The summed E-state index contributed by atoms with van der Waals surface area (Å²) in [6.45, 7) is 2.08. The van der Waals surface area contributed by atoms with E-state index in [1.165, 1.54) is 35.0 Å². The molecule has 0 spiro atoms. The van der Waals surface area contributed by atoms with Crippen LogP contribution in [0.4, 0.5) is 4.39 Å². The summed E-state index contributed by atoms with van der Waals surface area (Å²) in [5.41, 5.74) is 0.203. The molecule has 2 heterocycles. The third kappa shape index (κ3) is 4.21. The molecule has 0 bridgehead atoms. The topological polar surface area (TPSA) is 93.5 Å². The normalized spacial score (nSPS) is 17.4. The van der Waals surface area contributed by atoms with Crippen molar-refractivity contribution in [2.45, 2.75) is 32.1 Å². The molecule has 0 saturated heterocycles. The molecule has 4 rings (SSSR count). The maximum Gasteiger partial charge on any atom is 0.359 e. The Labute approximate surface area is 190 Å². The van der Waals surface area contributed by atoms with Crippen LogP contribution in [0.15, 0.2) is 60.9 Å². The Kier molecular flexibility index (Phi) is 5.95. The predicted octanol–water partition coefficient (Wildman–Crippen LogP) is 2.54. The van der Waals surface area contributed by atoms with Gasteiger partial charge in [-0.05, 0) is 30.2 Å². The molecule has 0 fully saturated rings. The molecule has 0 saturated carbocycles. The summed E-state index contributed by atoms with van der Waals surface area (Å²) >= 11 is 0. The molecular weight excluding hydrogens is 427 g/mol. The van der Waals surface area contributed by atoms with Crippen molar-refractivity contribution in [3.05, 3.63) is 89.3 Å². The Morgan fingerprint density at radius 1 is 1.12 bits per heavy atom. The highest BCUT2D eigenvalue weighted by Gasteiger charge is 2.48. The average Bonchev–Trinajstić information content (AvgIpc) is 3.25. The predicted molar refractivity (Wildman–Crippen MR) is 117 cm³/mol. The lowest BCUT2D eigenvalue weighted by molar-refractivity contribution is -0.133.